The maximum atomic E-state index is 9.94. The van der Waals surface area contributed by atoms with E-state index in [9.17, 15) is 4.79 Å². The van der Waals surface area contributed by atoms with Gasteiger partial charge in [-0.15, -0.1) is 0 Å². The second-order valence-corrected chi connectivity index (χ2v) is 5.29. The van der Waals surface area contributed by atoms with Crippen LogP contribution in [0.2, 0.25) is 0 Å². The van der Waals surface area contributed by atoms with Crippen molar-refractivity contribution in [3.8, 4) is 0 Å². The molecule has 0 unspecified atom stereocenters. The predicted octanol–water partition coefficient (Wildman–Crippen LogP) is 2.68. The molecule has 22 heavy (non-hydrogen) atoms. The molecule has 0 fully saturated rings. The van der Waals surface area contributed by atoms with Crippen molar-refractivity contribution in [1.82, 2.24) is 0 Å². The fraction of sp³-hybridized carbons (Fsp3) is 0.357. The number of hydrogen-bond acceptors (Lipinski definition) is 4. The van der Waals surface area contributed by atoms with Gasteiger partial charge in [0.25, 0.3) is 0 Å². The summed E-state index contributed by atoms with van der Waals surface area (Å²) in [5.41, 5.74) is 1.65. The van der Waals surface area contributed by atoms with E-state index in [0.29, 0.717) is 0 Å². The molecule has 0 aliphatic rings. The molecule has 0 heterocycles. The minimum absolute atomic E-state index is 0.183. The molecule has 0 radical (unpaired) electrons. The molecule has 1 aromatic rings. The first-order chi connectivity index (χ1) is 10.1. The quantitative estimate of drug-likeness (QED) is 0.289. The highest BCUT2D eigenvalue weighted by Crippen LogP contribution is 2.25. The normalized spacial score (nSPS) is 9.55. The van der Waals surface area contributed by atoms with E-state index in [2.05, 4.69) is 48.7 Å². The van der Waals surface area contributed by atoms with Crippen molar-refractivity contribution in [3.05, 3.63) is 48.0 Å². The van der Waals surface area contributed by atoms with E-state index in [-0.39, 0.29) is 5.57 Å². The van der Waals surface area contributed by atoms with Gasteiger partial charge < -0.3 is 14.7 Å². The molecule has 1 rings (SSSR count). The second kappa shape index (κ2) is 13.2. The Morgan fingerprint density at radius 1 is 1.23 bits per heavy atom. The van der Waals surface area contributed by atoms with Crippen molar-refractivity contribution in [3.63, 3.8) is 0 Å². The lowest BCUT2D eigenvalue weighted by atomic mass is 10.1. The Morgan fingerprint density at radius 3 is 1.95 bits per heavy atom. The van der Waals surface area contributed by atoms with Gasteiger partial charge in [-0.2, -0.15) is 5.26 Å². The predicted molar refractivity (Wildman–Crippen MR) is 82.9 cm³/mol. The Labute approximate surface area is 130 Å². The smallest absolute Gasteiger partial charge is 0.303 e. The van der Waals surface area contributed by atoms with E-state index in [1.807, 2.05) is 0 Å². The van der Waals surface area contributed by atoms with Gasteiger partial charge in [0.05, 0.1) is 0 Å². The Morgan fingerprint density at radius 2 is 1.68 bits per heavy atom. The Bertz CT molecular complexity index is 459. The number of hydrogen-bond donors (Lipinski definition) is 4. The lowest BCUT2D eigenvalue weighted by Gasteiger charge is -1.96. The summed E-state index contributed by atoms with van der Waals surface area (Å²) in [5, 5.41) is 7.59. The number of aryl methyl sites for hydroxylation is 1. The summed E-state index contributed by atoms with van der Waals surface area (Å²) < 4.78 is 8.88. The maximum absolute atomic E-state index is 9.94. The molecule has 0 aliphatic heterocycles. The Balaban J connectivity index is 0. The topological polar surface area (TPSA) is 124 Å². The van der Waals surface area contributed by atoms with Crippen LogP contribution in [0.1, 0.15) is 32.3 Å². The van der Waals surface area contributed by atoms with Crippen molar-refractivity contribution in [2.45, 2.75) is 33.1 Å². The summed E-state index contributed by atoms with van der Waals surface area (Å²) >= 11 is 0. The van der Waals surface area contributed by atoms with Crippen LogP contribution in [0.15, 0.2) is 42.5 Å². The van der Waals surface area contributed by atoms with Gasteiger partial charge in [-0.25, -0.2) is 9.36 Å². The third-order valence-electron chi connectivity index (χ3n) is 2.09. The number of unbranched alkanes of at least 4 members (excludes halogenated alkanes) is 1. The number of carbonyl (C=O) groups excluding carboxylic acids is 1. The summed E-state index contributed by atoms with van der Waals surface area (Å²) in [4.78, 5) is 34.8. The van der Waals surface area contributed by atoms with Crippen LogP contribution >= 0.6 is 7.82 Å². The molecule has 7 nitrogen and oxygen atoms in total. The monoisotopic (exact) mass is 334 g/mol. The summed E-state index contributed by atoms with van der Waals surface area (Å²) in [6, 6.07) is 10.6. The van der Waals surface area contributed by atoms with Crippen LogP contribution in [0, 0.1) is 0 Å². The third-order valence-corrected chi connectivity index (χ3v) is 2.09. The Kier molecular flexibility index (Phi) is 13.6. The van der Waals surface area contributed by atoms with Gasteiger partial charge in [-0.05, 0) is 25.3 Å². The lowest BCUT2D eigenvalue weighted by Crippen LogP contribution is -1.99. The van der Waals surface area contributed by atoms with Gasteiger partial charge in [0.2, 0.25) is 0 Å². The third kappa shape index (κ3) is 20.8. The van der Waals surface area contributed by atoms with Crippen LogP contribution in [-0.2, 0) is 20.7 Å². The molecule has 0 saturated heterocycles. The van der Waals surface area contributed by atoms with Crippen LogP contribution in [-0.4, -0.2) is 25.9 Å². The van der Waals surface area contributed by atoms with E-state index in [0.717, 1.165) is 0 Å². The molecule has 4 N–H and O–H groups in total. The number of benzene rings is 1. The van der Waals surface area contributed by atoms with Crippen molar-refractivity contribution in [1.29, 1.82) is 0 Å². The largest absolute Gasteiger partial charge is 0.466 e. The van der Waals surface area contributed by atoms with Gasteiger partial charge in [0.15, 0.2) is 0 Å². The van der Waals surface area contributed by atoms with Crippen molar-refractivity contribution in [2.75, 3.05) is 0 Å². The van der Waals surface area contributed by atoms with E-state index < -0.39 is 13.8 Å². The minimum atomic E-state index is -4.64. The van der Waals surface area contributed by atoms with Gasteiger partial charge in [-0.3, -0.25) is 4.89 Å². The molecule has 0 spiro atoms. The first kappa shape index (κ1) is 22.8. The lowest BCUT2D eigenvalue weighted by molar-refractivity contribution is -0.229. The van der Waals surface area contributed by atoms with Gasteiger partial charge in [-0.1, -0.05) is 50.3 Å². The van der Waals surface area contributed by atoms with Crippen molar-refractivity contribution in [2.24, 2.45) is 0 Å². The molecular formula is C14H23O7P. The van der Waals surface area contributed by atoms with Gasteiger partial charge >= 0.3 is 13.8 Å². The number of carbonyl (C=O) groups is 1. The molecule has 0 aromatic heterocycles. The van der Waals surface area contributed by atoms with Crippen molar-refractivity contribution < 1.29 is 34.2 Å². The first-order valence-corrected chi connectivity index (χ1v) is 8.01. The molecule has 0 aliphatic carbocycles. The highest BCUT2D eigenvalue weighted by molar-refractivity contribution is 7.45. The highest BCUT2D eigenvalue weighted by atomic mass is 31.2. The van der Waals surface area contributed by atoms with Gasteiger partial charge in [0.1, 0.15) is 0 Å². The van der Waals surface area contributed by atoms with Crippen LogP contribution < -0.4 is 0 Å². The SMILES string of the molecule is C=C(C)C(=O)OO.CCCCc1ccccc1.O=P(O)(O)O. The number of phosphoric acid groups is 1. The fourth-order valence-electron chi connectivity index (χ4n) is 1.10. The molecule has 126 valence electrons. The molecule has 8 heteroatoms. The summed E-state index contributed by atoms with van der Waals surface area (Å²) in [6.07, 6.45) is 3.83. The van der Waals surface area contributed by atoms with E-state index in [1.54, 1.807) is 0 Å². The van der Waals surface area contributed by atoms with E-state index in [4.69, 9.17) is 24.5 Å². The highest BCUT2D eigenvalue weighted by Gasteiger charge is 2.00. The van der Waals surface area contributed by atoms with E-state index in [1.165, 1.54) is 31.7 Å². The standard InChI is InChI=1S/C10H14.C4H6O3.H3O4P/c1-2-3-7-10-8-5-4-6-9-10;1-3(2)4(5)7-6;1-5(2,3)4/h4-6,8-9H,2-3,7H2,1H3;6H,1H2,2H3;(H3,1,2,3,4). The summed E-state index contributed by atoms with van der Waals surface area (Å²) in [5.74, 6) is -0.792. The molecule has 0 bridgehead atoms. The minimum Gasteiger partial charge on any atom is -0.303 e. The molecule has 0 amide bonds. The Hall–Kier alpha value is -1.50. The average Bonchev–Trinajstić information content (AvgIpc) is 2.44. The van der Waals surface area contributed by atoms with Crippen molar-refractivity contribution >= 4 is 13.8 Å². The molecule has 1 aromatic carbocycles. The molecular weight excluding hydrogens is 311 g/mol. The summed E-state index contributed by atoms with van der Waals surface area (Å²) in [7, 11) is -4.64. The fourth-order valence-corrected chi connectivity index (χ4v) is 1.10. The van der Waals surface area contributed by atoms with Crippen LogP contribution in [0.5, 0.6) is 0 Å². The molecule has 0 atom stereocenters. The van der Waals surface area contributed by atoms with Crippen LogP contribution in [0.4, 0.5) is 0 Å². The van der Waals surface area contributed by atoms with E-state index >= 15 is 0 Å². The second-order valence-electron chi connectivity index (χ2n) is 4.26. The maximum Gasteiger partial charge on any atom is 0.466 e. The molecule has 0 saturated carbocycles. The van der Waals surface area contributed by atoms with Crippen LogP contribution in [0.3, 0.4) is 0 Å². The zero-order valence-corrected chi connectivity index (χ0v) is 13.6. The average molecular weight is 334 g/mol. The first-order valence-electron chi connectivity index (χ1n) is 6.45. The summed E-state index contributed by atoms with van der Waals surface area (Å²) in [6.45, 7) is 6.86. The number of rotatable bonds is 4. The van der Waals surface area contributed by atoms with Crippen LogP contribution in [0.25, 0.3) is 0 Å². The van der Waals surface area contributed by atoms with Gasteiger partial charge in [0, 0.05) is 5.57 Å². The zero-order valence-electron chi connectivity index (χ0n) is 12.7. The zero-order chi connectivity index (χ0) is 17.6.